The maximum atomic E-state index is 5.82. The number of nitrogens with two attached hydrogens (primary N) is 2. The van der Waals surface area contributed by atoms with E-state index in [9.17, 15) is 0 Å². The molecule has 1 aromatic rings. The zero-order valence-corrected chi connectivity index (χ0v) is 7.96. The van der Waals surface area contributed by atoms with Gasteiger partial charge in [0.2, 0.25) is 0 Å². The molecule has 13 heavy (non-hydrogen) atoms. The lowest BCUT2D eigenvalue weighted by Crippen LogP contribution is -2.06. The maximum absolute atomic E-state index is 5.82. The van der Waals surface area contributed by atoms with Gasteiger partial charge in [0.05, 0.1) is 0 Å². The minimum Gasteiger partial charge on any atom is -0.399 e. The van der Waals surface area contributed by atoms with Gasteiger partial charge in [-0.1, -0.05) is 6.07 Å². The second-order valence-electron chi connectivity index (χ2n) is 4.00. The molecule has 0 radical (unpaired) electrons. The van der Waals surface area contributed by atoms with Crippen molar-refractivity contribution in [1.29, 1.82) is 0 Å². The SMILES string of the molecule is C[C@@H](N)c1cc(N)cc(C2CC2)c1. The fourth-order valence-electron chi connectivity index (χ4n) is 1.62. The first-order valence-corrected chi connectivity index (χ1v) is 4.83. The second-order valence-corrected chi connectivity index (χ2v) is 4.00. The van der Waals surface area contributed by atoms with Crippen LogP contribution < -0.4 is 11.5 Å². The lowest BCUT2D eigenvalue weighted by atomic mass is 10.0. The third-order valence-corrected chi connectivity index (χ3v) is 2.57. The summed E-state index contributed by atoms with van der Waals surface area (Å²) < 4.78 is 0. The Morgan fingerprint density at radius 2 is 2.00 bits per heavy atom. The Balaban J connectivity index is 2.36. The minimum atomic E-state index is 0.0843. The normalized spacial score (nSPS) is 18.6. The van der Waals surface area contributed by atoms with Gasteiger partial charge in [-0.3, -0.25) is 0 Å². The van der Waals surface area contributed by atoms with Gasteiger partial charge in [-0.2, -0.15) is 0 Å². The lowest BCUT2D eigenvalue weighted by Gasteiger charge is -2.09. The predicted octanol–water partition coefficient (Wildman–Crippen LogP) is 2.17. The number of anilines is 1. The van der Waals surface area contributed by atoms with Crippen LogP contribution in [0.1, 0.15) is 42.9 Å². The van der Waals surface area contributed by atoms with E-state index in [2.05, 4.69) is 12.1 Å². The van der Waals surface area contributed by atoms with Crippen LogP contribution in [-0.4, -0.2) is 0 Å². The average Bonchev–Trinajstić information content (AvgIpc) is 2.85. The molecule has 1 saturated carbocycles. The Morgan fingerprint density at radius 3 is 2.54 bits per heavy atom. The molecule has 0 amide bonds. The fourth-order valence-corrected chi connectivity index (χ4v) is 1.62. The Hall–Kier alpha value is -1.02. The molecular formula is C11H16N2. The van der Waals surface area contributed by atoms with Gasteiger partial charge in [0, 0.05) is 11.7 Å². The fraction of sp³-hybridized carbons (Fsp3) is 0.455. The molecule has 0 bridgehead atoms. The number of benzene rings is 1. The van der Waals surface area contributed by atoms with Crippen molar-refractivity contribution in [3.05, 3.63) is 29.3 Å². The van der Waals surface area contributed by atoms with Gasteiger partial charge in [-0.25, -0.2) is 0 Å². The summed E-state index contributed by atoms with van der Waals surface area (Å²) in [5.74, 6) is 0.751. The summed E-state index contributed by atoms with van der Waals surface area (Å²) in [7, 11) is 0. The third-order valence-electron chi connectivity index (χ3n) is 2.57. The van der Waals surface area contributed by atoms with Crippen LogP contribution in [0.2, 0.25) is 0 Å². The Kier molecular flexibility index (Phi) is 2.00. The molecule has 0 heterocycles. The molecule has 1 aliphatic rings. The Morgan fingerprint density at radius 1 is 1.31 bits per heavy atom. The summed E-state index contributed by atoms with van der Waals surface area (Å²) in [4.78, 5) is 0. The smallest absolute Gasteiger partial charge is 0.0320 e. The Bertz CT molecular complexity index is 294. The molecule has 1 aromatic carbocycles. The van der Waals surface area contributed by atoms with E-state index in [1.54, 1.807) is 0 Å². The van der Waals surface area contributed by atoms with Crippen molar-refractivity contribution in [3.8, 4) is 0 Å². The molecule has 2 rings (SSSR count). The van der Waals surface area contributed by atoms with Crippen LogP contribution in [0.4, 0.5) is 5.69 Å². The van der Waals surface area contributed by atoms with Crippen molar-refractivity contribution >= 4 is 5.69 Å². The third kappa shape index (κ3) is 1.83. The number of rotatable bonds is 2. The van der Waals surface area contributed by atoms with Crippen molar-refractivity contribution < 1.29 is 0 Å². The standard InChI is InChI=1S/C11H16N2/c1-7(12)9-4-10(8-2-3-8)6-11(13)5-9/h4-8H,2-3,12-13H2,1H3/t7-/m1/s1. The van der Waals surface area contributed by atoms with E-state index in [1.165, 1.54) is 18.4 Å². The molecule has 0 aromatic heterocycles. The maximum Gasteiger partial charge on any atom is 0.0320 e. The lowest BCUT2D eigenvalue weighted by molar-refractivity contribution is 0.815. The van der Waals surface area contributed by atoms with Crippen LogP contribution in [0.3, 0.4) is 0 Å². The van der Waals surface area contributed by atoms with Crippen LogP contribution in [0.25, 0.3) is 0 Å². The molecule has 1 atom stereocenters. The van der Waals surface area contributed by atoms with Crippen molar-refractivity contribution in [1.82, 2.24) is 0 Å². The molecule has 0 unspecified atom stereocenters. The van der Waals surface area contributed by atoms with Crippen molar-refractivity contribution in [2.45, 2.75) is 31.7 Å². The zero-order chi connectivity index (χ0) is 9.42. The van der Waals surface area contributed by atoms with E-state index < -0.39 is 0 Å². The summed E-state index contributed by atoms with van der Waals surface area (Å²) in [6, 6.07) is 6.32. The molecule has 1 aliphatic carbocycles. The second kappa shape index (κ2) is 3.04. The van der Waals surface area contributed by atoms with E-state index in [0.29, 0.717) is 0 Å². The molecule has 4 N–H and O–H groups in total. The van der Waals surface area contributed by atoms with E-state index in [-0.39, 0.29) is 6.04 Å². The van der Waals surface area contributed by atoms with Gasteiger partial charge in [-0.05, 0) is 48.9 Å². The summed E-state index contributed by atoms with van der Waals surface area (Å²) in [6.45, 7) is 1.99. The van der Waals surface area contributed by atoms with Crippen molar-refractivity contribution in [3.63, 3.8) is 0 Å². The molecule has 0 saturated heterocycles. The highest BCUT2D eigenvalue weighted by atomic mass is 14.6. The zero-order valence-electron chi connectivity index (χ0n) is 7.96. The molecule has 1 fully saturated rings. The molecule has 70 valence electrons. The molecule has 2 heteroatoms. The predicted molar refractivity (Wildman–Crippen MR) is 55.4 cm³/mol. The van der Waals surface area contributed by atoms with Gasteiger partial charge < -0.3 is 11.5 Å². The molecule has 2 nitrogen and oxygen atoms in total. The van der Waals surface area contributed by atoms with Crippen LogP contribution in [0.15, 0.2) is 18.2 Å². The molecule has 0 aliphatic heterocycles. The molecule has 0 spiro atoms. The van der Waals surface area contributed by atoms with Gasteiger partial charge in [0.25, 0.3) is 0 Å². The van der Waals surface area contributed by atoms with Crippen LogP contribution in [0, 0.1) is 0 Å². The largest absolute Gasteiger partial charge is 0.399 e. The van der Waals surface area contributed by atoms with E-state index in [0.717, 1.165) is 17.2 Å². The number of hydrogen-bond acceptors (Lipinski definition) is 2. The van der Waals surface area contributed by atoms with Crippen molar-refractivity contribution in [2.24, 2.45) is 5.73 Å². The van der Waals surface area contributed by atoms with Gasteiger partial charge in [-0.15, -0.1) is 0 Å². The van der Waals surface area contributed by atoms with Crippen molar-refractivity contribution in [2.75, 3.05) is 5.73 Å². The van der Waals surface area contributed by atoms with Crippen LogP contribution in [-0.2, 0) is 0 Å². The number of nitrogen functional groups attached to an aromatic ring is 1. The summed E-state index contributed by atoms with van der Waals surface area (Å²) in [6.07, 6.45) is 2.61. The Labute approximate surface area is 78.9 Å². The first-order chi connectivity index (χ1) is 6.16. The first kappa shape index (κ1) is 8.57. The van der Waals surface area contributed by atoms with Gasteiger partial charge in [0.15, 0.2) is 0 Å². The monoisotopic (exact) mass is 176 g/mol. The highest BCUT2D eigenvalue weighted by Gasteiger charge is 2.24. The minimum absolute atomic E-state index is 0.0843. The summed E-state index contributed by atoms with van der Waals surface area (Å²) >= 11 is 0. The van der Waals surface area contributed by atoms with Crippen LogP contribution >= 0.6 is 0 Å². The average molecular weight is 176 g/mol. The number of hydrogen-bond donors (Lipinski definition) is 2. The van der Waals surface area contributed by atoms with E-state index >= 15 is 0 Å². The first-order valence-electron chi connectivity index (χ1n) is 4.83. The highest BCUT2D eigenvalue weighted by Crippen LogP contribution is 2.41. The quantitative estimate of drug-likeness (QED) is 0.678. The highest BCUT2D eigenvalue weighted by molar-refractivity contribution is 5.47. The van der Waals surface area contributed by atoms with Gasteiger partial charge in [0.1, 0.15) is 0 Å². The summed E-state index contributed by atoms with van der Waals surface area (Å²) in [5.41, 5.74) is 15.0. The van der Waals surface area contributed by atoms with E-state index in [4.69, 9.17) is 11.5 Å². The summed E-state index contributed by atoms with van der Waals surface area (Å²) in [5, 5.41) is 0. The topological polar surface area (TPSA) is 52.0 Å². The van der Waals surface area contributed by atoms with Gasteiger partial charge >= 0.3 is 0 Å². The van der Waals surface area contributed by atoms with E-state index in [1.807, 2.05) is 13.0 Å². The van der Waals surface area contributed by atoms with Crippen LogP contribution in [0.5, 0.6) is 0 Å². The molecular weight excluding hydrogens is 160 g/mol.